The van der Waals surface area contributed by atoms with E-state index in [1.54, 1.807) is 19.0 Å². The Morgan fingerprint density at radius 3 is 2.62 bits per heavy atom. The number of methoxy groups -OCH3 is 1. The summed E-state index contributed by atoms with van der Waals surface area (Å²) in [5, 5.41) is 17.6. The topological polar surface area (TPSA) is 133 Å². The zero-order valence-corrected chi connectivity index (χ0v) is 20.6. The van der Waals surface area contributed by atoms with Crippen LogP contribution < -0.4 is 4.74 Å². The van der Waals surface area contributed by atoms with Crippen molar-refractivity contribution < 1.29 is 14.3 Å². The second-order valence-electron chi connectivity index (χ2n) is 8.62. The van der Waals surface area contributed by atoms with Crippen LogP contribution >= 0.6 is 0 Å². The minimum atomic E-state index is -0.681. The van der Waals surface area contributed by atoms with Crippen molar-refractivity contribution >= 4 is 28.2 Å². The molecule has 1 saturated heterocycles. The maximum atomic E-state index is 13.5. The van der Waals surface area contributed by atoms with E-state index in [2.05, 4.69) is 26.1 Å². The van der Waals surface area contributed by atoms with Crippen LogP contribution in [0.3, 0.4) is 0 Å². The summed E-state index contributed by atoms with van der Waals surface area (Å²) in [5.74, 6) is -0.00128. The average molecular weight is 497 g/mol. The Hall–Kier alpha value is -4.82. The first kappa shape index (κ1) is 23.9. The molecular formula is C26H24N8O3. The lowest BCUT2D eigenvalue weighted by molar-refractivity contribution is -0.142. The highest BCUT2D eigenvalue weighted by atomic mass is 16.5. The van der Waals surface area contributed by atoms with E-state index >= 15 is 0 Å². The lowest BCUT2D eigenvalue weighted by Crippen LogP contribution is -2.51. The van der Waals surface area contributed by atoms with Crippen molar-refractivity contribution in [3.05, 3.63) is 71.6 Å². The second kappa shape index (κ2) is 9.67. The van der Waals surface area contributed by atoms with Gasteiger partial charge in [0, 0.05) is 26.3 Å². The second-order valence-corrected chi connectivity index (χ2v) is 8.62. The summed E-state index contributed by atoms with van der Waals surface area (Å²) >= 11 is 0. The molecule has 0 bridgehead atoms. The van der Waals surface area contributed by atoms with Gasteiger partial charge in [0.2, 0.25) is 0 Å². The van der Waals surface area contributed by atoms with E-state index in [1.165, 1.54) is 35.5 Å². The van der Waals surface area contributed by atoms with Crippen LogP contribution in [0.5, 0.6) is 5.75 Å². The van der Waals surface area contributed by atoms with E-state index in [9.17, 15) is 14.9 Å². The summed E-state index contributed by atoms with van der Waals surface area (Å²) in [6, 6.07) is 11.7. The molecule has 0 atom stereocenters. The van der Waals surface area contributed by atoms with Crippen LogP contribution in [0, 0.1) is 18.3 Å². The Balaban J connectivity index is 1.44. The Kier molecular flexibility index (Phi) is 6.25. The van der Waals surface area contributed by atoms with Crippen molar-refractivity contribution in [1.82, 2.24) is 34.8 Å². The third-order valence-corrected chi connectivity index (χ3v) is 6.36. The Morgan fingerprint density at radius 1 is 1.19 bits per heavy atom. The van der Waals surface area contributed by atoms with Crippen LogP contribution in [0.4, 0.5) is 0 Å². The number of allylic oxidation sites excluding steroid dienone is 1. The smallest absolute Gasteiger partial charge is 0.309 e. The van der Waals surface area contributed by atoms with E-state index in [1.807, 2.05) is 30.3 Å². The molecule has 0 spiro atoms. The zero-order valence-electron chi connectivity index (χ0n) is 20.6. The van der Waals surface area contributed by atoms with Crippen LogP contribution in [-0.2, 0) is 4.79 Å². The number of aromatic nitrogens is 5. The van der Waals surface area contributed by atoms with Gasteiger partial charge in [-0.3, -0.25) is 14.6 Å². The van der Waals surface area contributed by atoms with Gasteiger partial charge in [-0.1, -0.05) is 30.3 Å². The number of aromatic amines is 1. The van der Waals surface area contributed by atoms with Crippen molar-refractivity contribution in [2.45, 2.75) is 13.3 Å². The fourth-order valence-electron chi connectivity index (χ4n) is 4.56. The van der Waals surface area contributed by atoms with Gasteiger partial charge in [-0.2, -0.15) is 10.4 Å². The Morgan fingerprint density at radius 2 is 1.97 bits per heavy atom. The number of likely N-dealkylation sites (N-methyl/N-ethyl adjacent to an activating group) is 1. The molecule has 11 heteroatoms. The molecule has 1 aliphatic heterocycles. The van der Waals surface area contributed by atoms with Crippen molar-refractivity contribution in [3.63, 3.8) is 0 Å². The number of benzene rings is 1. The number of hydrogen-bond acceptors (Lipinski definition) is 8. The molecule has 186 valence electrons. The predicted octanol–water partition coefficient (Wildman–Crippen LogP) is 2.70. The molecule has 11 nitrogen and oxygen atoms in total. The molecule has 4 aromatic rings. The number of rotatable bonds is 5. The summed E-state index contributed by atoms with van der Waals surface area (Å²) < 4.78 is 6.96. The van der Waals surface area contributed by atoms with Crippen LogP contribution in [0.2, 0.25) is 0 Å². The van der Waals surface area contributed by atoms with E-state index in [4.69, 9.17) is 4.74 Å². The first-order chi connectivity index (χ1) is 17.9. The average Bonchev–Trinajstić information content (AvgIpc) is 3.55. The van der Waals surface area contributed by atoms with Gasteiger partial charge in [0.05, 0.1) is 41.4 Å². The van der Waals surface area contributed by atoms with Crippen LogP contribution in [0.1, 0.15) is 28.2 Å². The SMILES string of the molecule is COc1cnc(-n2cnc(C)n2)c2[nH]cc(C(=O)C(=O)N3CC/C(=C(/C#N)c4ccccc4)CN3C)c12. The number of ether oxygens (including phenoxy) is 1. The lowest BCUT2D eigenvalue weighted by atomic mass is 9.97. The highest BCUT2D eigenvalue weighted by molar-refractivity contribution is 6.45. The molecule has 0 unspecified atom stereocenters. The fourth-order valence-corrected chi connectivity index (χ4v) is 4.56. The van der Waals surface area contributed by atoms with Gasteiger partial charge >= 0.3 is 5.91 Å². The number of nitriles is 1. The van der Waals surface area contributed by atoms with E-state index in [0.29, 0.717) is 46.8 Å². The highest BCUT2D eigenvalue weighted by Gasteiger charge is 2.33. The number of nitrogens with zero attached hydrogens (tertiary/aromatic N) is 7. The molecule has 1 N–H and O–H groups in total. The number of hydrogen-bond donors (Lipinski definition) is 1. The molecule has 5 rings (SSSR count). The van der Waals surface area contributed by atoms with Gasteiger partial charge in [0.1, 0.15) is 17.9 Å². The molecule has 0 radical (unpaired) electrons. The summed E-state index contributed by atoms with van der Waals surface area (Å²) in [4.78, 5) is 38.4. The number of carbonyl (C=O) groups excluding carboxylic acids is 2. The van der Waals surface area contributed by atoms with Gasteiger partial charge in [-0.25, -0.2) is 19.7 Å². The molecule has 0 saturated carbocycles. The van der Waals surface area contributed by atoms with Gasteiger partial charge in [0.15, 0.2) is 5.82 Å². The largest absolute Gasteiger partial charge is 0.494 e. The third kappa shape index (κ3) is 4.23. The number of amides is 1. The first-order valence-electron chi connectivity index (χ1n) is 11.6. The number of nitrogens with one attached hydrogen (secondary N) is 1. The number of aryl methyl sites for hydroxylation is 1. The molecule has 1 amide bonds. The highest BCUT2D eigenvalue weighted by Crippen LogP contribution is 2.32. The monoisotopic (exact) mass is 496 g/mol. The van der Waals surface area contributed by atoms with Crippen molar-refractivity contribution in [2.24, 2.45) is 0 Å². The molecule has 4 heterocycles. The number of hydrazine groups is 1. The van der Waals surface area contributed by atoms with Crippen LogP contribution in [-0.4, -0.2) is 73.7 Å². The summed E-state index contributed by atoms with van der Waals surface area (Å²) in [5.41, 5.74) is 3.02. The number of Topliss-reactive ketones (excluding diaryl/α,β-unsaturated/α-hetero) is 1. The maximum absolute atomic E-state index is 13.5. The standard InChI is InChI=1S/C26H24N8O3/c1-16-30-15-33(31-16)25-23-22(21(37-3)13-29-25)20(12-28-23)24(35)26(36)34-10-9-18(14-32(34)2)19(11-27)17-7-5-4-6-8-17/h4-8,12-13,15,28H,9-10,14H2,1-3H3/b19-18+. The van der Waals surface area contributed by atoms with E-state index in [0.717, 1.165) is 11.1 Å². The van der Waals surface area contributed by atoms with E-state index < -0.39 is 11.7 Å². The number of pyridine rings is 1. The molecule has 0 aliphatic carbocycles. The number of ketones is 1. The van der Waals surface area contributed by atoms with E-state index in [-0.39, 0.29) is 12.1 Å². The predicted molar refractivity (Wildman–Crippen MR) is 135 cm³/mol. The Labute approximate surface area is 212 Å². The van der Waals surface area contributed by atoms with Crippen molar-refractivity contribution in [3.8, 4) is 17.6 Å². The first-order valence-corrected chi connectivity index (χ1v) is 11.6. The normalized spacial score (nSPS) is 15.5. The molecule has 1 aromatic carbocycles. The molecule has 1 fully saturated rings. The third-order valence-electron chi connectivity index (χ3n) is 6.36. The minimum Gasteiger partial charge on any atom is -0.494 e. The maximum Gasteiger partial charge on any atom is 0.309 e. The molecule has 1 aliphatic rings. The van der Waals surface area contributed by atoms with Crippen molar-refractivity contribution in [1.29, 1.82) is 5.26 Å². The van der Waals surface area contributed by atoms with Gasteiger partial charge < -0.3 is 9.72 Å². The number of H-pyrrole nitrogens is 1. The van der Waals surface area contributed by atoms with Crippen LogP contribution in [0.15, 0.2) is 54.6 Å². The summed E-state index contributed by atoms with van der Waals surface area (Å²) in [7, 11) is 3.21. The van der Waals surface area contributed by atoms with Gasteiger partial charge in [0.25, 0.3) is 5.78 Å². The quantitative estimate of drug-likeness (QED) is 0.253. The summed E-state index contributed by atoms with van der Waals surface area (Å²) in [6.45, 7) is 2.39. The Bertz CT molecular complexity index is 1580. The van der Waals surface area contributed by atoms with Gasteiger partial charge in [-0.15, -0.1) is 0 Å². The zero-order chi connectivity index (χ0) is 26.1. The number of fused-ring (bicyclic) bond motifs is 1. The fraction of sp³-hybridized carbons (Fsp3) is 0.231. The molecule has 37 heavy (non-hydrogen) atoms. The van der Waals surface area contributed by atoms with Crippen molar-refractivity contribution in [2.75, 3.05) is 27.2 Å². The lowest BCUT2D eigenvalue weighted by Gasteiger charge is -2.37. The number of carbonyl (C=O) groups is 2. The summed E-state index contributed by atoms with van der Waals surface area (Å²) in [6.07, 6.45) is 4.98. The van der Waals surface area contributed by atoms with Crippen LogP contribution in [0.25, 0.3) is 22.3 Å². The molecular weight excluding hydrogens is 472 g/mol. The molecule has 3 aromatic heterocycles. The minimum absolute atomic E-state index is 0.175. The van der Waals surface area contributed by atoms with Gasteiger partial charge in [-0.05, 0) is 24.5 Å².